The SMILES string of the molecule is [CH2]CCCOC1CC2CCC1C([O])C2. The van der Waals surface area contributed by atoms with E-state index in [0.717, 1.165) is 38.7 Å². The van der Waals surface area contributed by atoms with Gasteiger partial charge in [0.05, 0.1) is 12.2 Å². The number of hydrogen-bond acceptors (Lipinski definition) is 1. The molecule has 3 saturated carbocycles. The van der Waals surface area contributed by atoms with E-state index in [1.165, 1.54) is 6.42 Å². The topological polar surface area (TPSA) is 29.1 Å². The lowest BCUT2D eigenvalue weighted by Crippen LogP contribution is -2.45. The molecule has 3 rings (SSSR count). The van der Waals surface area contributed by atoms with Crippen molar-refractivity contribution in [3.8, 4) is 0 Å². The van der Waals surface area contributed by atoms with E-state index in [1.54, 1.807) is 0 Å². The monoisotopic (exact) mass is 196 g/mol. The summed E-state index contributed by atoms with van der Waals surface area (Å²) < 4.78 is 5.79. The maximum Gasteiger partial charge on any atom is 0.0985 e. The third-order valence-corrected chi connectivity index (χ3v) is 3.72. The van der Waals surface area contributed by atoms with Crippen molar-refractivity contribution in [3.05, 3.63) is 6.92 Å². The molecule has 0 amide bonds. The molecule has 3 aliphatic rings. The third-order valence-electron chi connectivity index (χ3n) is 3.72. The van der Waals surface area contributed by atoms with Gasteiger partial charge in [-0.25, -0.2) is 5.11 Å². The summed E-state index contributed by atoms with van der Waals surface area (Å²) in [4.78, 5) is 0. The van der Waals surface area contributed by atoms with Gasteiger partial charge < -0.3 is 4.74 Å². The lowest BCUT2D eigenvalue weighted by Gasteiger charge is -2.44. The van der Waals surface area contributed by atoms with Gasteiger partial charge >= 0.3 is 0 Å². The Kier molecular flexibility index (Phi) is 3.45. The number of fused-ring (bicyclic) bond motifs is 3. The van der Waals surface area contributed by atoms with Gasteiger partial charge in [0.2, 0.25) is 0 Å². The molecular weight excluding hydrogens is 176 g/mol. The van der Waals surface area contributed by atoms with Crippen LogP contribution in [0.1, 0.15) is 38.5 Å². The highest BCUT2D eigenvalue weighted by atomic mass is 16.5. The highest BCUT2D eigenvalue weighted by molar-refractivity contribution is 4.92. The van der Waals surface area contributed by atoms with Crippen LogP contribution in [0.5, 0.6) is 0 Å². The maximum atomic E-state index is 11.7. The summed E-state index contributed by atoms with van der Waals surface area (Å²) in [7, 11) is 0. The van der Waals surface area contributed by atoms with Crippen LogP contribution in [0.3, 0.4) is 0 Å². The third kappa shape index (κ3) is 2.12. The first kappa shape index (κ1) is 10.4. The first-order valence-corrected chi connectivity index (χ1v) is 5.88. The average molecular weight is 196 g/mol. The summed E-state index contributed by atoms with van der Waals surface area (Å²) in [5, 5.41) is 11.7. The molecule has 0 aromatic heterocycles. The Hall–Kier alpha value is -0.0800. The number of hydrogen-bond donors (Lipinski definition) is 0. The Morgan fingerprint density at radius 1 is 1.29 bits per heavy atom. The van der Waals surface area contributed by atoms with E-state index in [1.807, 2.05) is 0 Å². The highest BCUT2D eigenvalue weighted by Crippen LogP contribution is 2.43. The van der Waals surface area contributed by atoms with Crippen LogP contribution in [0.15, 0.2) is 0 Å². The fourth-order valence-electron chi connectivity index (χ4n) is 2.91. The number of unbranched alkanes of at least 4 members (excludes halogenated alkanes) is 1. The fourth-order valence-corrected chi connectivity index (χ4v) is 2.91. The van der Waals surface area contributed by atoms with Crippen molar-refractivity contribution in [2.75, 3.05) is 6.61 Å². The van der Waals surface area contributed by atoms with Gasteiger partial charge in [-0.2, -0.15) is 0 Å². The second-order valence-electron chi connectivity index (χ2n) is 4.73. The van der Waals surface area contributed by atoms with E-state index in [0.29, 0.717) is 11.8 Å². The molecule has 0 saturated heterocycles. The normalized spacial score (nSPS) is 41.6. The van der Waals surface area contributed by atoms with Crippen LogP contribution in [-0.2, 0) is 9.84 Å². The Morgan fingerprint density at radius 2 is 2.14 bits per heavy atom. The van der Waals surface area contributed by atoms with Crippen molar-refractivity contribution in [1.29, 1.82) is 0 Å². The molecule has 0 heterocycles. The van der Waals surface area contributed by atoms with Gasteiger partial charge in [0.1, 0.15) is 0 Å². The molecule has 4 atom stereocenters. The molecule has 2 bridgehead atoms. The minimum Gasteiger partial charge on any atom is -0.378 e. The zero-order chi connectivity index (χ0) is 9.97. The van der Waals surface area contributed by atoms with Crippen LogP contribution >= 0.6 is 0 Å². The zero-order valence-corrected chi connectivity index (χ0v) is 8.78. The van der Waals surface area contributed by atoms with Crippen molar-refractivity contribution in [3.63, 3.8) is 0 Å². The maximum absolute atomic E-state index is 11.7. The zero-order valence-electron chi connectivity index (χ0n) is 8.78. The summed E-state index contributed by atoms with van der Waals surface area (Å²) in [6, 6.07) is 0. The largest absolute Gasteiger partial charge is 0.378 e. The van der Waals surface area contributed by atoms with Crippen molar-refractivity contribution in [2.24, 2.45) is 11.8 Å². The molecule has 14 heavy (non-hydrogen) atoms. The quantitative estimate of drug-likeness (QED) is 0.635. The van der Waals surface area contributed by atoms with Crippen molar-refractivity contribution >= 4 is 0 Å². The molecule has 3 fully saturated rings. The van der Waals surface area contributed by atoms with Crippen molar-refractivity contribution in [2.45, 2.75) is 50.7 Å². The summed E-state index contributed by atoms with van der Waals surface area (Å²) in [5.74, 6) is 0.970. The Labute approximate surface area is 86.6 Å². The molecule has 4 unspecified atom stereocenters. The van der Waals surface area contributed by atoms with E-state index < -0.39 is 0 Å². The van der Waals surface area contributed by atoms with Crippen LogP contribution in [0.2, 0.25) is 0 Å². The van der Waals surface area contributed by atoms with Gasteiger partial charge in [0.15, 0.2) is 0 Å². The van der Waals surface area contributed by atoms with Crippen LogP contribution < -0.4 is 0 Å². The van der Waals surface area contributed by atoms with Gasteiger partial charge in [-0.1, -0.05) is 13.3 Å². The summed E-state index contributed by atoms with van der Waals surface area (Å²) >= 11 is 0. The molecule has 3 aliphatic carbocycles. The first-order chi connectivity index (χ1) is 6.81. The van der Waals surface area contributed by atoms with E-state index in [-0.39, 0.29) is 12.2 Å². The van der Waals surface area contributed by atoms with Crippen molar-refractivity contribution in [1.82, 2.24) is 0 Å². The van der Waals surface area contributed by atoms with Crippen LogP contribution in [0.25, 0.3) is 0 Å². The van der Waals surface area contributed by atoms with Crippen LogP contribution in [0, 0.1) is 18.8 Å². The van der Waals surface area contributed by atoms with Gasteiger partial charge in [-0.05, 0) is 38.0 Å². The molecule has 0 spiro atoms. The van der Waals surface area contributed by atoms with Gasteiger partial charge in [0, 0.05) is 12.5 Å². The van der Waals surface area contributed by atoms with E-state index in [4.69, 9.17) is 4.74 Å². The van der Waals surface area contributed by atoms with E-state index in [9.17, 15) is 5.11 Å². The summed E-state index contributed by atoms with van der Waals surface area (Å²) in [6.07, 6.45) is 6.30. The molecule has 0 aromatic rings. The number of ether oxygens (including phenoxy) is 1. The number of rotatable bonds is 4. The second-order valence-corrected chi connectivity index (χ2v) is 4.73. The predicted octanol–water partition coefficient (Wildman–Crippen LogP) is 2.60. The second kappa shape index (κ2) is 4.63. The minimum absolute atomic E-state index is 0.275. The summed E-state index contributed by atoms with van der Waals surface area (Å²) in [6.45, 7) is 4.59. The minimum atomic E-state index is -0.341. The molecule has 2 radical (unpaired) electrons. The Balaban J connectivity index is 1.81. The molecular formula is C12H20O2. The first-order valence-electron chi connectivity index (χ1n) is 5.88. The van der Waals surface area contributed by atoms with Crippen molar-refractivity contribution < 1.29 is 9.84 Å². The molecule has 0 aliphatic heterocycles. The molecule has 0 N–H and O–H groups in total. The van der Waals surface area contributed by atoms with Gasteiger partial charge in [-0.15, -0.1) is 0 Å². The lowest BCUT2D eigenvalue weighted by atomic mass is 9.67. The van der Waals surface area contributed by atoms with Crippen LogP contribution in [0.4, 0.5) is 0 Å². The standard InChI is InChI=1S/C12H20O2/c1-2-3-6-14-12-8-9-4-5-10(12)11(13)7-9/h9-12H,1-8H2. The van der Waals surface area contributed by atoms with Gasteiger partial charge in [-0.3, -0.25) is 0 Å². The smallest absolute Gasteiger partial charge is 0.0985 e. The molecule has 2 heteroatoms. The Morgan fingerprint density at radius 3 is 2.79 bits per heavy atom. The molecule has 2 nitrogen and oxygen atoms in total. The molecule has 80 valence electrons. The van der Waals surface area contributed by atoms with E-state index >= 15 is 0 Å². The average Bonchev–Trinajstić information content (AvgIpc) is 2.18. The summed E-state index contributed by atoms with van der Waals surface area (Å²) in [5.41, 5.74) is 0. The van der Waals surface area contributed by atoms with E-state index in [2.05, 4.69) is 6.92 Å². The lowest BCUT2D eigenvalue weighted by molar-refractivity contribution is -0.131. The predicted molar refractivity (Wildman–Crippen MR) is 54.3 cm³/mol. The highest BCUT2D eigenvalue weighted by Gasteiger charge is 2.42. The molecule has 0 aromatic carbocycles. The van der Waals surface area contributed by atoms with Gasteiger partial charge in [0.25, 0.3) is 0 Å². The Bertz CT molecular complexity index is 181. The van der Waals surface area contributed by atoms with Crippen LogP contribution in [-0.4, -0.2) is 18.8 Å². The fraction of sp³-hybridized carbons (Fsp3) is 0.917.